The van der Waals surface area contributed by atoms with Crippen molar-refractivity contribution < 1.29 is 4.79 Å². The molecule has 1 amide bonds. The second-order valence-corrected chi connectivity index (χ2v) is 3.72. The number of hydrogen-bond acceptors (Lipinski definition) is 3. The van der Waals surface area contributed by atoms with Crippen LogP contribution in [-0.2, 0) is 4.79 Å². The van der Waals surface area contributed by atoms with E-state index in [-0.39, 0.29) is 5.91 Å². The Morgan fingerprint density at radius 3 is 2.94 bits per heavy atom. The Kier molecular flexibility index (Phi) is 5.59. The van der Waals surface area contributed by atoms with Gasteiger partial charge < -0.3 is 10.6 Å². The van der Waals surface area contributed by atoms with Gasteiger partial charge in [0.15, 0.2) is 0 Å². The zero-order valence-electron chi connectivity index (χ0n) is 9.99. The third-order valence-electron chi connectivity index (χ3n) is 2.25. The molecular formula is C13H17N3O. The second kappa shape index (κ2) is 7.29. The van der Waals surface area contributed by atoms with E-state index in [9.17, 15) is 4.79 Å². The van der Waals surface area contributed by atoms with Crippen molar-refractivity contribution in [2.24, 2.45) is 0 Å². The monoisotopic (exact) mass is 231 g/mol. The van der Waals surface area contributed by atoms with Crippen molar-refractivity contribution in [3.05, 3.63) is 29.8 Å². The zero-order valence-corrected chi connectivity index (χ0v) is 9.99. The van der Waals surface area contributed by atoms with Gasteiger partial charge in [0, 0.05) is 25.2 Å². The number of anilines is 1. The summed E-state index contributed by atoms with van der Waals surface area (Å²) in [4.78, 5) is 11.3. The van der Waals surface area contributed by atoms with Gasteiger partial charge in [-0.2, -0.15) is 5.26 Å². The molecule has 0 aliphatic rings. The summed E-state index contributed by atoms with van der Waals surface area (Å²) in [6.45, 7) is 3.32. The van der Waals surface area contributed by atoms with Crippen LogP contribution in [0.25, 0.3) is 0 Å². The summed E-state index contributed by atoms with van der Waals surface area (Å²) in [5, 5.41) is 14.7. The van der Waals surface area contributed by atoms with Gasteiger partial charge in [-0.1, -0.05) is 13.0 Å². The van der Waals surface area contributed by atoms with Crippen molar-refractivity contribution in [1.82, 2.24) is 5.32 Å². The number of carbonyl (C=O) groups excluding carboxylic acids is 1. The van der Waals surface area contributed by atoms with E-state index in [0.717, 1.165) is 18.7 Å². The lowest BCUT2D eigenvalue weighted by atomic mass is 10.2. The predicted octanol–water partition coefficient (Wildman–Crippen LogP) is 1.89. The number of nitriles is 1. The fraction of sp³-hybridized carbons (Fsp3) is 0.385. The van der Waals surface area contributed by atoms with Gasteiger partial charge in [-0.05, 0) is 24.6 Å². The highest BCUT2D eigenvalue weighted by Crippen LogP contribution is 2.09. The molecule has 0 aromatic heterocycles. The largest absolute Gasteiger partial charge is 0.384 e. The number of carbonyl (C=O) groups is 1. The Hall–Kier alpha value is -2.02. The molecule has 1 rings (SSSR count). The maximum atomic E-state index is 11.3. The highest BCUT2D eigenvalue weighted by atomic mass is 16.1. The van der Waals surface area contributed by atoms with E-state index in [4.69, 9.17) is 5.26 Å². The molecule has 0 aliphatic heterocycles. The molecule has 0 fully saturated rings. The zero-order chi connectivity index (χ0) is 12.5. The quantitative estimate of drug-likeness (QED) is 0.785. The summed E-state index contributed by atoms with van der Waals surface area (Å²) in [5.74, 6) is 0.0517. The van der Waals surface area contributed by atoms with E-state index in [0.29, 0.717) is 18.5 Å². The average Bonchev–Trinajstić information content (AvgIpc) is 2.36. The van der Waals surface area contributed by atoms with Crippen LogP contribution in [-0.4, -0.2) is 19.0 Å². The third kappa shape index (κ3) is 5.03. The molecule has 0 bridgehead atoms. The van der Waals surface area contributed by atoms with Crippen LogP contribution in [0.1, 0.15) is 25.3 Å². The lowest BCUT2D eigenvalue weighted by molar-refractivity contribution is -0.120. The molecule has 4 nitrogen and oxygen atoms in total. The van der Waals surface area contributed by atoms with Crippen LogP contribution in [0.2, 0.25) is 0 Å². The van der Waals surface area contributed by atoms with Crippen LogP contribution in [0.15, 0.2) is 24.3 Å². The van der Waals surface area contributed by atoms with Crippen molar-refractivity contribution in [3.8, 4) is 6.07 Å². The minimum Gasteiger partial charge on any atom is -0.384 e. The summed E-state index contributed by atoms with van der Waals surface area (Å²) in [6, 6.07) is 9.29. The van der Waals surface area contributed by atoms with Crippen LogP contribution in [0.3, 0.4) is 0 Å². The maximum absolute atomic E-state index is 11.3. The number of rotatable bonds is 6. The van der Waals surface area contributed by atoms with Gasteiger partial charge in [0.25, 0.3) is 0 Å². The number of nitrogens with zero attached hydrogens (tertiary/aromatic N) is 1. The van der Waals surface area contributed by atoms with Crippen LogP contribution < -0.4 is 10.6 Å². The summed E-state index contributed by atoms with van der Waals surface area (Å²) in [6.07, 6.45) is 1.39. The SMILES string of the molecule is CCCNC(=O)CCNc1cccc(C#N)c1. The summed E-state index contributed by atoms with van der Waals surface area (Å²) in [7, 11) is 0. The van der Waals surface area contributed by atoms with Gasteiger partial charge in [0.1, 0.15) is 0 Å². The summed E-state index contributed by atoms with van der Waals surface area (Å²) < 4.78 is 0. The molecule has 0 atom stereocenters. The van der Waals surface area contributed by atoms with Gasteiger partial charge in [0.05, 0.1) is 11.6 Å². The van der Waals surface area contributed by atoms with E-state index < -0.39 is 0 Å². The van der Waals surface area contributed by atoms with Gasteiger partial charge in [0.2, 0.25) is 5.91 Å². The number of nitrogens with one attached hydrogen (secondary N) is 2. The molecule has 0 saturated heterocycles. The first-order chi connectivity index (χ1) is 8.26. The van der Waals surface area contributed by atoms with E-state index in [2.05, 4.69) is 16.7 Å². The van der Waals surface area contributed by atoms with Crippen LogP contribution in [0, 0.1) is 11.3 Å². The number of benzene rings is 1. The van der Waals surface area contributed by atoms with E-state index in [1.165, 1.54) is 0 Å². The molecule has 0 aliphatic carbocycles. The minimum atomic E-state index is 0.0517. The van der Waals surface area contributed by atoms with Crippen molar-refractivity contribution in [2.45, 2.75) is 19.8 Å². The molecule has 0 radical (unpaired) electrons. The standard InChI is InChI=1S/C13H17N3O/c1-2-7-16-13(17)6-8-15-12-5-3-4-11(9-12)10-14/h3-5,9,15H,2,6-8H2,1H3,(H,16,17). The molecule has 1 aromatic carbocycles. The smallest absolute Gasteiger partial charge is 0.221 e. The minimum absolute atomic E-state index is 0.0517. The molecule has 1 aromatic rings. The van der Waals surface area contributed by atoms with Crippen molar-refractivity contribution in [2.75, 3.05) is 18.4 Å². The fourth-order valence-corrected chi connectivity index (χ4v) is 1.37. The van der Waals surface area contributed by atoms with Crippen molar-refractivity contribution in [3.63, 3.8) is 0 Å². The first-order valence-corrected chi connectivity index (χ1v) is 5.77. The molecule has 0 heterocycles. The third-order valence-corrected chi connectivity index (χ3v) is 2.25. The van der Waals surface area contributed by atoms with Gasteiger partial charge >= 0.3 is 0 Å². The molecule has 4 heteroatoms. The predicted molar refractivity (Wildman–Crippen MR) is 67.6 cm³/mol. The highest BCUT2D eigenvalue weighted by Gasteiger charge is 1.99. The van der Waals surface area contributed by atoms with Crippen molar-refractivity contribution >= 4 is 11.6 Å². The van der Waals surface area contributed by atoms with Gasteiger partial charge in [-0.15, -0.1) is 0 Å². The molecule has 17 heavy (non-hydrogen) atoms. The molecule has 0 saturated carbocycles. The number of amides is 1. The van der Waals surface area contributed by atoms with Gasteiger partial charge in [-0.3, -0.25) is 4.79 Å². The number of hydrogen-bond donors (Lipinski definition) is 2. The molecular weight excluding hydrogens is 214 g/mol. The summed E-state index contributed by atoms with van der Waals surface area (Å²) >= 11 is 0. The molecule has 2 N–H and O–H groups in total. The highest BCUT2D eigenvalue weighted by molar-refractivity contribution is 5.76. The van der Waals surface area contributed by atoms with Crippen molar-refractivity contribution in [1.29, 1.82) is 5.26 Å². The molecule has 0 unspecified atom stereocenters. The van der Waals surface area contributed by atoms with E-state index in [1.54, 1.807) is 12.1 Å². The topological polar surface area (TPSA) is 64.9 Å². The van der Waals surface area contributed by atoms with E-state index >= 15 is 0 Å². The Morgan fingerprint density at radius 2 is 2.24 bits per heavy atom. The Balaban J connectivity index is 2.31. The second-order valence-electron chi connectivity index (χ2n) is 3.72. The first-order valence-electron chi connectivity index (χ1n) is 5.77. The van der Waals surface area contributed by atoms with Gasteiger partial charge in [-0.25, -0.2) is 0 Å². The first kappa shape index (κ1) is 13.0. The lowest BCUT2D eigenvalue weighted by Gasteiger charge is -2.06. The molecule has 90 valence electrons. The lowest BCUT2D eigenvalue weighted by Crippen LogP contribution is -2.25. The fourth-order valence-electron chi connectivity index (χ4n) is 1.37. The maximum Gasteiger partial charge on any atom is 0.221 e. The molecule has 0 spiro atoms. The Bertz CT molecular complexity index is 409. The Labute approximate surface area is 102 Å². The van der Waals surface area contributed by atoms with E-state index in [1.807, 2.05) is 19.1 Å². The summed E-state index contributed by atoms with van der Waals surface area (Å²) in [5.41, 5.74) is 1.48. The van der Waals surface area contributed by atoms with Crippen LogP contribution >= 0.6 is 0 Å². The normalized spacial score (nSPS) is 9.41. The Morgan fingerprint density at radius 1 is 1.41 bits per heavy atom. The average molecular weight is 231 g/mol. The van der Waals surface area contributed by atoms with Crippen LogP contribution in [0.5, 0.6) is 0 Å². The van der Waals surface area contributed by atoms with Crippen LogP contribution in [0.4, 0.5) is 5.69 Å².